The van der Waals surface area contributed by atoms with Gasteiger partial charge < -0.3 is 10.6 Å². The number of amides is 2. The standard InChI is InChI=1S/C19H22N2O2S2/c22-18(20-16-8-3-1-4-9-16)14-24-12-7-13-25-15-19(23)21-17-10-5-2-6-11-17/h1-6,8-11H,7,12-15H2,(H,20,22)(H,21,23). The first-order valence-electron chi connectivity index (χ1n) is 8.09. The molecule has 0 saturated heterocycles. The molecule has 0 unspecified atom stereocenters. The highest BCUT2D eigenvalue weighted by Crippen LogP contribution is 2.11. The highest BCUT2D eigenvalue weighted by molar-refractivity contribution is 8.00. The molecule has 2 N–H and O–H groups in total. The van der Waals surface area contributed by atoms with Gasteiger partial charge in [-0.05, 0) is 42.2 Å². The van der Waals surface area contributed by atoms with Gasteiger partial charge in [0.1, 0.15) is 0 Å². The Bertz CT molecular complexity index is 593. The fourth-order valence-electron chi connectivity index (χ4n) is 2.03. The van der Waals surface area contributed by atoms with E-state index >= 15 is 0 Å². The molecule has 2 amide bonds. The summed E-state index contributed by atoms with van der Waals surface area (Å²) in [7, 11) is 0. The van der Waals surface area contributed by atoms with Gasteiger partial charge >= 0.3 is 0 Å². The Kier molecular flexibility index (Phi) is 9.01. The third kappa shape index (κ3) is 8.65. The number of anilines is 2. The Morgan fingerprint density at radius 1 is 0.680 bits per heavy atom. The summed E-state index contributed by atoms with van der Waals surface area (Å²) in [6, 6.07) is 18.9. The van der Waals surface area contributed by atoms with Crippen molar-refractivity contribution in [1.29, 1.82) is 0 Å². The van der Waals surface area contributed by atoms with E-state index in [9.17, 15) is 9.59 Å². The molecule has 4 nitrogen and oxygen atoms in total. The molecule has 2 aromatic rings. The Morgan fingerprint density at radius 3 is 1.48 bits per heavy atom. The average Bonchev–Trinajstić information content (AvgIpc) is 2.62. The molecular formula is C19H22N2O2S2. The number of thioether (sulfide) groups is 2. The van der Waals surface area contributed by atoms with E-state index in [2.05, 4.69) is 10.6 Å². The molecule has 2 rings (SSSR count). The van der Waals surface area contributed by atoms with Crippen molar-refractivity contribution >= 4 is 46.7 Å². The third-order valence-electron chi connectivity index (χ3n) is 3.16. The zero-order chi connectivity index (χ0) is 17.7. The summed E-state index contributed by atoms with van der Waals surface area (Å²) in [6.07, 6.45) is 0.979. The number of carbonyl (C=O) groups is 2. The van der Waals surface area contributed by atoms with Crippen LogP contribution in [-0.2, 0) is 9.59 Å². The Hall–Kier alpha value is -1.92. The predicted octanol–water partition coefficient (Wildman–Crippen LogP) is 4.12. The van der Waals surface area contributed by atoms with Gasteiger partial charge in [0.05, 0.1) is 11.5 Å². The topological polar surface area (TPSA) is 58.2 Å². The lowest BCUT2D eigenvalue weighted by Crippen LogP contribution is -2.14. The summed E-state index contributed by atoms with van der Waals surface area (Å²) in [5, 5.41) is 5.73. The molecule has 132 valence electrons. The van der Waals surface area contributed by atoms with Gasteiger partial charge in [-0.15, -0.1) is 0 Å². The van der Waals surface area contributed by atoms with Gasteiger partial charge in [-0.2, -0.15) is 23.5 Å². The second-order valence-electron chi connectivity index (χ2n) is 5.29. The normalized spacial score (nSPS) is 10.2. The van der Waals surface area contributed by atoms with Crippen molar-refractivity contribution in [2.45, 2.75) is 6.42 Å². The molecule has 0 radical (unpaired) electrons. The number of hydrogen-bond donors (Lipinski definition) is 2. The van der Waals surface area contributed by atoms with E-state index in [1.807, 2.05) is 60.7 Å². The summed E-state index contributed by atoms with van der Waals surface area (Å²) >= 11 is 3.23. The monoisotopic (exact) mass is 374 g/mol. The van der Waals surface area contributed by atoms with Gasteiger partial charge in [0.15, 0.2) is 0 Å². The molecule has 25 heavy (non-hydrogen) atoms. The molecule has 0 bridgehead atoms. The van der Waals surface area contributed by atoms with Crippen molar-refractivity contribution in [3.8, 4) is 0 Å². The van der Waals surface area contributed by atoms with Crippen LogP contribution in [0.5, 0.6) is 0 Å². The maximum Gasteiger partial charge on any atom is 0.234 e. The number of nitrogens with one attached hydrogen (secondary N) is 2. The van der Waals surface area contributed by atoms with Crippen LogP contribution in [0.2, 0.25) is 0 Å². The van der Waals surface area contributed by atoms with Gasteiger partial charge in [0, 0.05) is 11.4 Å². The first-order chi connectivity index (χ1) is 12.2. The van der Waals surface area contributed by atoms with Crippen LogP contribution in [0.1, 0.15) is 6.42 Å². The number of carbonyl (C=O) groups excluding carboxylic acids is 2. The molecule has 0 saturated carbocycles. The smallest absolute Gasteiger partial charge is 0.234 e. The molecule has 0 aliphatic carbocycles. The molecule has 2 aromatic carbocycles. The molecule has 0 fully saturated rings. The van der Waals surface area contributed by atoms with Gasteiger partial charge in [0.2, 0.25) is 11.8 Å². The van der Waals surface area contributed by atoms with Crippen molar-refractivity contribution in [1.82, 2.24) is 0 Å². The number of hydrogen-bond acceptors (Lipinski definition) is 4. The molecule has 6 heteroatoms. The highest BCUT2D eigenvalue weighted by atomic mass is 32.2. The average molecular weight is 375 g/mol. The zero-order valence-corrected chi connectivity index (χ0v) is 15.6. The van der Waals surface area contributed by atoms with Crippen LogP contribution in [0, 0.1) is 0 Å². The van der Waals surface area contributed by atoms with Crippen molar-refractivity contribution < 1.29 is 9.59 Å². The SMILES string of the molecule is O=C(CSCCCSCC(=O)Nc1ccccc1)Nc1ccccc1. The van der Waals surface area contributed by atoms with Gasteiger partial charge in [0.25, 0.3) is 0 Å². The Balaban J connectivity index is 1.46. The van der Waals surface area contributed by atoms with Gasteiger partial charge in [-0.3, -0.25) is 9.59 Å². The van der Waals surface area contributed by atoms with E-state index < -0.39 is 0 Å². The highest BCUT2D eigenvalue weighted by Gasteiger charge is 2.04. The molecule has 0 atom stereocenters. The van der Waals surface area contributed by atoms with Crippen LogP contribution in [-0.4, -0.2) is 34.8 Å². The number of para-hydroxylation sites is 2. The molecule has 0 aliphatic rings. The van der Waals surface area contributed by atoms with Gasteiger partial charge in [-0.25, -0.2) is 0 Å². The first kappa shape index (κ1) is 19.4. The quantitative estimate of drug-likeness (QED) is 0.614. The molecule has 0 aliphatic heterocycles. The van der Waals surface area contributed by atoms with Crippen molar-refractivity contribution in [2.24, 2.45) is 0 Å². The summed E-state index contributed by atoms with van der Waals surface area (Å²) in [6.45, 7) is 0. The van der Waals surface area contributed by atoms with E-state index in [0.717, 1.165) is 29.3 Å². The summed E-state index contributed by atoms with van der Waals surface area (Å²) < 4.78 is 0. The van der Waals surface area contributed by atoms with Crippen molar-refractivity contribution in [3.63, 3.8) is 0 Å². The van der Waals surface area contributed by atoms with Crippen LogP contribution >= 0.6 is 23.5 Å². The van der Waals surface area contributed by atoms with Crippen LogP contribution in [0.15, 0.2) is 60.7 Å². The lowest BCUT2D eigenvalue weighted by Gasteiger charge is -2.06. The molecule has 0 aromatic heterocycles. The molecule has 0 spiro atoms. The fraction of sp³-hybridized carbons (Fsp3) is 0.263. The van der Waals surface area contributed by atoms with E-state index in [0.29, 0.717) is 11.5 Å². The third-order valence-corrected chi connectivity index (χ3v) is 5.25. The van der Waals surface area contributed by atoms with Crippen LogP contribution in [0.3, 0.4) is 0 Å². The van der Waals surface area contributed by atoms with Gasteiger partial charge in [-0.1, -0.05) is 36.4 Å². The van der Waals surface area contributed by atoms with Crippen LogP contribution in [0.25, 0.3) is 0 Å². The fourth-order valence-corrected chi connectivity index (χ4v) is 3.71. The second-order valence-corrected chi connectivity index (χ2v) is 7.50. The van der Waals surface area contributed by atoms with Crippen LogP contribution in [0.4, 0.5) is 11.4 Å². The lowest BCUT2D eigenvalue weighted by molar-refractivity contribution is -0.114. The van der Waals surface area contributed by atoms with E-state index in [4.69, 9.17) is 0 Å². The summed E-state index contributed by atoms with van der Waals surface area (Å²) in [4.78, 5) is 23.5. The Labute approximate surface area is 157 Å². The van der Waals surface area contributed by atoms with E-state index in [1.54, 1.807) is 23.5 Å². The first-order valence-corrected chi connectivity index (χ1v) is 10.4. The summed E-state index contributed by atoms with van der Waals surface area (Å²) in [5.74, 6) is 2.77. The maximum atomic E-state index is 11.8. The minimum atomic E-state index is 0.0195. The maximum absolute atomic E-state index is 11.8. The number of rotatable bonds is 10. The van der Waals surface area contributed by atoms with Crippen LogP contribution < -0.4 is 10.6 Å². The van der Waals surface area contributed by atoms with E-state index in [-0.39, 0.29) is 11.8 Å². The van der Waals surface area contributed by atoms with Crippen molar-refractivity contribution in [3.05, 3.63) is 60.7 Å². The molecule has 0 heterocycles. The second kappa shape index (κ2) is 11.6. The Morgan fingerprint density at radius 2 is 1.08 bits per heavy atom. The zero-order valence-electron chi connectivity index (χ0n) is 13.9. The predicted molar refractivity (Wildman–Crippen MR) is 109 cm³/mol. The van der Waals surface area contributed by atoms with E-state index in [1.165, 1.54) is 0 Å². The minimum Gasteiger partial charge on any atom is -0.325 e. The summed E-state index contributed by atoms with van der Waals surface area (Å²) in [5.41, 5.74) is 1.65. The molecular weight excluding hydrogens is 352 g/mol. The number of benzene rings is 2. The minimum absolute atomic E-state index is 0.0195. The van der Waals surface area contributed by atoms with Crippen molar-refractivity contribution in [2.75, 3.05) is 33.6 Å². The lowest BCUT2D eigenvalue weighted by atomic mass is 10.3. The largest absolute Gasteiger partial charge is 0.325 e.